The van der Waals surface area contributed by atoms with Crippen LogP contribution in [0.1, 0.15) is 23.7 Å². The topological polar surface area (TPSA) is 146 Å². The Balaban J connectivity index is 1.63. The van der Waals surface area contributed by atoms with Gasteiger partial charge in [-0.3, -0.25) is 35.3 Å². The number of amides is 2. The third kappa shape index (κ3) is 8.01. The van der Waals surface area contributed by atoms with Gasteiger partial charge < -0.3 is 14.2 Å². The summed E-state index contributed by atoms with van der Waals surface area (Å²) in [5.74, 6) is -0.818. The fraction of sp³-hybridized carbons (Fsp3) is 0.250. The maximum atomic E-state index is 11.9. The number of esters is 1. The van der Waals surface area contributed by atoms with Crippen LogP contribution >= 0.6 is 0 Å². The predicted molar refractivity (Wildman–Crippen MR) is 107 cm³/mol. The molecule has 2 amide bonds. The van der Waals surface area contributed by atoms with Gasteiger partial charge in [0.15, 0.2) is 6.61 Å². The molecule has 0 saturated carbocycles. The molecule has 2 aromatic carbocycles. The zero-order valence-corrected chi connectivity index (χ0v) is 16.7. The van der Waals surface area contributed by atoms with Crippen LogP contribution in [0.5, 0.6) is 11.5 Å². The third-order valence-corrected chi connectivity index (χ3v) is 3.73. The Hall–Kier alpha value is -4.15. The summed E-state index contributed by atoms with van der Waals surface area (Å²) in [6.07, 6.45) is -0.0738. The molecule has 11 nitrogen and oxygen atoms in total. The number of benzene rings is 2. The number of hydrazine groups is 1. The molecule has 0 bridgehead atoms. The fourth-order valence-corrected chi connectivity index (χ4v) is 2.24. The van der Waals surface area contributed by atoms with Crippen molar-refractivity contribution in [2.45, 2.75) is 13.3 Å². The number of nitrogens with one attached hydrogen (secondary N) is 2. The molecule has 0 radical (unpaired) electrons. The molecular formula is C20H21N3O8. The summed E-state index contributed by atoms with van der Waals surface area (Å²) in [4.78, 5) is 45.2. The van der Waals surface area contributed by atoms with Crippen molar-refractivity contribution in [2.75, 3.05) is 19.8 Å². The molecule has 0 saturated heterocycles. The van der Waals surface area contributed by atoms with Crippen LogP contribution in [-0.2, 0) is 14.3 Å². The standard InChI is InChI=1S/C20H21N3O8/c1-2-29-16-7-9-17(10-8-16)30-12-11-19(25)31-13-18(24)21-22-20(26)14-3-5-15(6-4-14)23(27)28/h3-10H,2,11-13H2,1H3,(H,21,24)(H,22,26). The van der Waals surface area contributed by atoms with Crippen LogP contribution < -0.4 is 20.3 Å². The van der Waals surface area contributed by atoms with Gasteiger partial charge in [0.25, 0.3) is 17.5 Å². The molecule has 2 aromatic rings. The van der Waals surface area contributed by atoms with E-state index in [1.165, 1.54) is 12.1 Å². The van der Waals surface area contributed by atoms with Crippen molar-refractivity contribution in [1.29, 1.82) is 0 Å². The van der Waals surface area contributed by atoms with Crippen molar-refractivity contribution in [3.63, 3.8) is 0 Å². The van der Waals surface area contributed by atoms with E-state index in [4.69, 9.17) is 14.2 Å². The number of nitrogens with zero attached hydrogens (tertiary/aromatic N) is 1. The first-order valence-corrected chi connectivity index (χ1v) is 9.24. The lowest BCUT2D eigenvalue weighted by atomic mass is 10.2. The Morgan fingerprint density at radius 3 is 2.13 bits per heavy atom. The van der Waals surface area contributed by atoms with Gasteiger partial charge in [-0.05, 0) is 43.3 Å². The van der Waals surface area contributed by atoms with Crippen LogP contribution in [0.2, 0.25) is 0 Å². The van der Waals surface area contributed by atoms with Gasteiger partial charge in [0.2, 0.25) is 0 Å². The van der Waals surface area contributed by atoms with Gasteiger partial charge in [0.05, 0.1) is 24.6 Å². The molecule has 0 aliphatic heterocycles. The summed E-state index contributed by atoms with van der Waals surface area (Å²) in [6.45, 7) is 1.90. The van der Waals surface area contributed by atoms with Gasteiger partial charge >= 0.3 is 5.97 Å². The maximum absolute atomic E-state index is 11.9. The molecule has 11 heteroatoms. The molecular weight excluding hydrogens is 410 g/mol. The van der Waals surface area contributed by atoms with Gasteiger partial charge in [0, 0.05) is 17.7 Å². The second-order valence-corrected chi connectivity index (χ2v) is 5.97. The number of non-ortho nitro benzene ring substituents is 1. The highest BCUT2D eigenvalue weighted by atomic mass is 16.6. The summed E-state index contributed by atoms with van der Waals surface area (Å²) in [5, 5.41) is 10.6. The molecule has 0 fully saturated rings. The van der Waals surface area contributed by atoms with Gasteiger partial charge in [-0.15, -0.1) is 0 Å². The summed E-state index contributed by atoms with van der Waals surface area (Å²) in [7, 11) is 0. The van der Waals surface area contributed by atoms with E-state index in [0.717, 1.165) is 12.1 Å². The van der Waals surface area contributed by atoms with Gasteiger partial charge in [-0.25, -0.2) is 0 Å². The van der Waals surface area contributed by atoms with E-state index in [9.17, 15) is 24.5 Å². The predicted octanol–water partition coefficient (Wildman–Crippen LogP) is 1.77. The number of nitro groups is 1. The Morgan fingerprint density at radius 1 is 0.935 bits per heavy atom. The quantitative estimate of drug-likeness (QED) is 0.329. The lowest BCUT2D eigenvalue weighted by molar-refractivity contribution is -0.384. The van der Waals surface area contributed by atoms with E-state index in [-0.39, 0.29) is 24.3 Å². The molecule has 2 N–H and O–H groups in total. The Bertz CT molecular complexity index is 913. The number of nitro benzene ring substituents is 1. The van der Waals surface area contributed by atoms with Crippen molar-refractivity contribution in [1.82, 2.24) is 10.9 Å². The van der Waals surface area contributed by atoms with Crippen LogP contribution in [0.4, 0.5) is 5.69 Å². The Morgan fingerprint density at radius 2 is 1.55 bits per heavy atom. The van der Waals surface area contributed by atoms with Crippen LogP contribution in [0.15, 0.2) is 48.5 Å². The van der Waals surface area contributed by atoms with E-state index >= 15 is 0 Å². The maximum Gasteiger partial charge on any atom is 0.309 e. The molecule has 0 spiro atoms. The van der Waals surface area contributed by atoms with E-state index in [0.29, 0.717) is 18.1 Å². The molecule has 0 heterocycles. The Labute approximate surface area is 177 Å². The molecule has 0 aliphatic rings. The zero-order chi connectivity index (χ0) is 22.6. The first kappa shape index (κ1) is 23.1. The number of hydrogen-bond donors (Lipinski definition) is 2. The van der Waals surface area contributed by atoms with Crippen molar-refractivity contribution >= 4 is 23.5 Å². The van der Waals surface area contributed by atoms with E-state index in [1.807, 2.05) is 6.92 Å². The lowest BCUT2D eigenvalue weighted by Crippen LogP contribution is -2.43. The smallest absolute Gasteiger partial charge is 0.309 e. The minimum Gasteiger partial charge on any atom is -0.494 e. The number of ether oxygens (including phenoxy) is 3. The largest absolute Gasteiger partial charge is 0.494 e. The molecule has 0 aromatic heterocycles. The second-order valence-electron chi connectivity index (χ2n) is 5.97. The first-order chi connectivity index (χ1) is 14.9. The highest BCUT2D eigenvalue weighted by Crippen LogP contribution is 2.17. The average Bonchev–Trinajstić information content (AvgIpc) is 2.77. The molecule has 0 unspecified atom stereocenters. The average molecular weight is 431 g/mol. The van der Waals surface area contributed by atoms with Gasteiger partial charge in [-0.1, -0.05) is 0 Å². The minimum absolute atomic E-state index is 0.0608. The fourth-order valence-electron chi connectivity index (χ4n) is 2.24. The van der Waals surface area contributed by atoms with Gasteiger partial charge in [-0.2, -0.15) is 0 Å². The summed E-state index contributed by atoms with van der Waals surface area (Å²) >= 11 is 0. The summed E-state index contributed by atoms with van der Waals surface area (Å²) in [5.41, 5.74) is 4.13. The Kier molecular flexibility index (Phi) is 8.77. The zero-order valence-electron chi connectivity index (χ0n) is 16.7. The van der Waals surface area contributed by atoms with Crippen molar-refractivity contribution in [3.8, 4) is 11.5 Å². The number of carbonyl (C=O) groups is 3. The van der Waals surface area contributed by atoms with Crippen molar-refractivity contribution in [3.05, 3.63) is 64.2 Å². The minimum atomic E-state index is -0.754. The molecule has 2 rings (SSSR count). The number of carbonyl (C=O) groups excluding carboxylic acids is 3. The highest BCUT2D eigenvalue weighted by molar-refractivity contribution is 5.95. The molecule has 0 aliphatic carbocycles. The lowest BCUT2D eigenvalue weighted by Gasteiger charge is -2.09. The summed E-state index contributed by atoms with van der Waals surface area (Å²) in [6, 6.07) is 11.7. The van der Waals surface area contributed by atoms with Crippen LogP contribution in [0, 0.1) is 10.1 Å². The van der Waals surface area contributed by atoms with E-state index < -0.39 is 29.3 Å². The number of rotatable bonds is 10. The third-order valence-electron chi connectivity index (χ3n) is 3.73. The normalized spacial score (nSPS) is 9.97. The van der Waals surface area contributed by atoms with E-state index in [2.05, 4.69) is 10.9 Å². The first-order valence-electron chi connectivity index (χ1n) is 9.24. The van der Waals surface area contributed by atoms with Crippen molar-refractivity contribution < 1.29 is 33.5 Å². The van der Waals surface area contributed by atoms with E-state index in [1.54, 1.807) is 24.3 Å². The number of hydrogen-bond acceptors (Lipinski definition) is 8. The molecule has 31 heavy (non-hydrogen) atoms. The monoisotopic (exact) mass is 431 g/mol. The van der Waals surface area contributed by atoms with Crippen LogP contribution in [0.25, 0.3) is 0 Å². The van der Waals surface area contributed by atoms with Crippen LogP contribution in [0.3, 0.4) is 0 Å². The molecule has 164 valence electrons. The van der Waals surface area contributed by atoms with Crippen molar-refractivity contribution in [2.24, 2.45) is 0 Å². The highest BCUT2D eigenvalue weighted by Gasteiger charge is 2.12. The molecule has 0 atom stereocenters. The van der Waals surface area contributed by atoms with Gasteiger partial charge in [0.1, 0.15) is 11.5 Å². The van der Waals surface area contributed by atoms with Crippen LogP contribution in [-0.4, -0.2) is 42.5 Å². The second kappa shape index (κ2) is 11.8. The summed E-state index contributed by atoms with van der Waals surface area (Å²) < 4.78 is 15.5. The SMILES string of the molecule is CCOc1ccc(OCCC(=O)OCC(=O)NNC(=O)c2ccc([N+](=O)[O-])cc2)cc1.